The van der Waals surface area contributed by atoms with Crippen LogP contribution in [-0.2, 0) is 0 Å². The Morgan fingerprint density at radius 3 is 2.85 bits per heavy atom. The minimum atomic E-state index is -0.455. The van der Waals surface area contributed by atoms with Crippen molar-refractivity contribution in [3.63, 3.8) is 0 Å². The minimum absolute atomic E-state index is 0.0311. The molecular weight excluding hydrogens is 366 g/mol. The van der Waals surface area contributed by atoms with Crippen molar-refractivity contribution in [1.82, 2.24) is 4.98 Å². The van der Waals surface area contributed by atoms with E-state index >= 15 is 0 Å². The number of aromatic nitrogens is 1. The largest absolute Gasteiger partial charge is 0.508 e. The summed E-state index contributed by atoms with van der Waals surface area (Å²) < 4.78 is 5.33. The number of benzene rings is 2. The highest BCUT2D eigenvalue weighted by atomic mass is 32.1. The molecule has 0 aliphatic carbocycles. The van der Waals surface area contributed by atoms with Crippen molar-refractivity contribution in [3.05, 3.63) is 69.9 Å². The van der Waals surface area contributed by atoms with Crippen LogP contribution in [0.15, 0.2) is 68.2 Å². The lowest BCUT2D eigenvalue weighted by molar-refractivity contribution is 0.450. The van der Waals surface area contributed by atoms with Crippen LogP contribution in [0.4, 0.5) is 5.13 Å². The third-order valence-electron chi connectivity index (χ3n) is 3.80. The van der Waals surface area contributed by atoms with Crippen molar-refractivity contribution in [3.8, 4) is 22.8 Å². The number of para-hydroxylation sites is 1. The van der Waals surface area contributed by atoms with Crippen molar-refractivity contribution in [2.75, 3.05) is 5.43 Å². The molecule has 0 saturated heterocycles. The number of rotatable bonds is 4. The van der Waals surface area contributed by atoms with Crippen molar-refractivity contribution >= 4 is 33.7 Å². The molecule has 0 radical (unpaired) electrons. The summed E-state index contributed by atoms with van der Waals surface area (Å²) in [5.41, 5.74) is 4.12. The van der Waals surface area contributed by atoms with Crippen molar-refractivity contribution in [2.45, 2.75) is 0 Å². The van der Waals surface area contributed by atoms with E-state index in [-0.39, 0.29) is 11.5 Å². The molecule has 2 aromatic heterocycles. The molecule has 0 amide bonds. The van der Waals surface area contributed by atoms with E-state index < -0.39 is 5.63 Å². The zero-order valence-electron chi connectivity index (χ0n) is 13.8. The van der Waals surface area contributed by atoms with Crippen molar-refractivity contribution in [1.29, 1.82) is 0 Å². The molecule has 27 heavy (non-hydrogen) atoms. The number of hydrogen-bond acceptors (Lipinski definition) is 8. The first kappa shape index (κ1) is 16.8. The second-order valence-corrected chi connectivity index (χ2v) is 6.49. The molecule has 8 heteroatoms. The van der Waals surface area contributed by atoms with Gasteiger partial charge in [0.1, 0.15) is 17.1 Å². The van der Waals surface area contributed by atoms with E-state index in [1.807, 2.05) is 12.1 Å². The molecule has 7 nitrogen and oxygen atoms in total. The molecule has 0 unspecified atom stereocenters. The number of fused-ring (bicyclic) bond motifs is 1. The number of nitrogens with zero attached hydrogens (tertiary/aromatic N) is 2. The molecule has 0 aliphatic rings. The minimum Gasteiger partial charge on any atom is -0.508 e. The maximum absolute atomic E-state index is 12.2. The number of hydrogen-bond donors (Lipinski definition) is 3. The Labute approximate surface area is 156 Å². The van der Waals surface area contributed by atoms with Crippen LogP contribution < -0.4 is 11.1 Å². The van der Waals surface area contributed by atoms with E-state index in [0.717, 1.165) is 5.39 Å². The quantitative estimate of drug-likeness (QED) is 0.283. The lowest BCUT2D eigenvalue weighted by Crippen LogP contribution is -2.02. The summed E-state index contributed by atoms with van der Waals surface area (Å²) in [5.74, 6) is -0.120. The predicted octanol–water partition coefficient (Wildman–Crippen LogP) is 3.77. The van der Waals surface area contributed by atoms with Crippen LogP contribution in [0.25, 0.3) is 22.2 Å². The van der Waals surface area contributed by atoms with Crippen LogP contribution in [0.5, 0.6) is 11.5 Å². The second-order valence-electron chi connectivity index (χ2n) is 5.64. The van der Waals surface area contributed by atoms with Crippen LogP contribution in [-0.4, -0.2) is 21.4 Å². The Kier molecular flexibility index (Phi) is 4.31. The van der Waals surface area contributed by atoms with Crippen LogP contribution in [0, 0.1) is 0 Å². The highest BCUT2D eigenvalue weighted by molar-refractivity contribution is 7.14. The van der Waals surface area contributed by atoms with E-state index in [9.17, 15) is 15.0 Å². The molecule has 4 aromatic rings. The zero-order chi connectivity index (χ0) is 18.8. The molecule has 0 bridgehead atoms. The maximum Gasteiger partial charge on any atom is 0.345 e. The van der Waals surface area contributed by atoms with Gasteiger partial charge in [0.25, 0.3) is 0 Å². The van der Waals surface area contributed by atoms with E-state index in [2.05, 4.69) is 15.5 Å². The normalized spacial score (nSPS) is 11.3. The molecule has 4 rings (SSSR count). The summed E-state index contributed by atoms with van der Waals surface area (Å²) >= 11 is 1.28. The lowest BCUT2D eigenvalue weighted by atomic mass is 10.1. The van der Waals surface area contributed by atoms with E-state index in [0.29, 0.717) is 27.5 Å². The molecular formula is C19H13N3O4S. The average Bonchev–Trinajstić information content (AvgIpc) is 3.11. The summed E-state index contributed by atoms with van der Waals surface area (Å²) in [6.07, 6.45) is 1.40. The third-order valence-corrected chi connectivity index (χ3v) is 4.55. The average molecular weight is 379 g/mol. The van der Waals surface area contributed by atoms with Gasteiger partial charge in [-0.05, 0) is 24.3 Å². The Hall–Kier alpha value is -3.65. The number of nitrogens with one attached hydrogen (secondary N) is 1. The SMILES string of the molecule is O=c1oc2ccccc2cc1-c1csc(N/N=C/c2ccc(O)cc2O)n1. The monoisotopic (exact) mass is 379 g/mol. The van der Waals surface area contributed by atoms with Gasteiger partial charge in [0, 0.05) is 22.4 Å². The smallest absolute Gasteiger partial charge is 0.345 e. The highest BCUT2D eigenvalue weighted by Crippen LogP contribution is 2.25. The first-order valence-corrected chi connectivity index (χ1v) is 8.78. The summed E-state index contributed by atoms with van der Waals surface area (Å²) in [7, 11) is 0. The summed E-state index contributed by atoms with van der Waals surface area (Å²) in [5, 5.41) is 26.0. The van der Waals surface area contributed by atoms with Gasteiger partial charge in [-0.25, -0.2) is 9.78 Å². The topological polar surface area (TPSA) is 108 Å². The van der Waals surface area contributed by atoms with Gasteiger partial charge < -0.3 is 14.6 Å². The van der Waals surface area contributed by atoms with E-state index in [1.165, 1.54) is 35.8 Å². The Balaban J connectivity index is 1.56. The van der Waals surface area contributed by atoms with E-state index in [4.69, 9.17) is 4.42 Å². The Bertz CT molecular complexity index is 1210. The van der Waals surface area contributed by atoms with Gasteiger partial charge in [0.05, 0.1) is 17.5 Å². The van der Waals surface area contributed by atoms with Gasteiger partial charge in [0.15, 0.2) is 0 Å². The zero-order valence-corrected chi connectivity index (χ0v) is 14.6. The molecule has 0 aliphatic heterocycles. The first-order valence-electron chi connectivity index (χ1n) is 7.90. The molecule has 2 heterocycles. The van der Waals surface area contributed by atoms with Crippen LogP contribution >= 0.6 is 11.3 Å². The van der Waals surface area contributed by atoms with Crippen LogP contribution in [0.3, 0.4) is 0 Å². The third kappa shape index (κ3) is 3.51. The van der Waals surface area contributed by atoms with Gasteiger partial charge in [-0.3, -0.25) is 5.43 Å². The molecule has 3 N–H and O–H groups in total. The summed E-state index contributed by atoms with van der Waals surface area (Å²) in [6, 6.07) is 13.2. The molecule has 134 valence electrons. The van der Waals surface area contributed by atoms with E-state index in [1.54, 1.807) is 23.6 Å². The Morgan fingerprint density at radius 2 is 2.00 bits per heavy atom. The van der Waals surface area contributed by atoms with Gasteiger partial charge >= 0.3 is 5.63 Å². The molecule has 0 saturated carbocycles. The fraction of sp³-hybridized carbons (Fsp3) is 0. The number of phenols is 2. The number of hydrazone groups is 1. The number of phenolic OH excluding ortho intramolecular Hbond substituents is 2. The molecule has 0 fully saturated rings. The highest BCUT2D eigenvalue weighted by Gasteiger charge is 2.11. The van der Waals surface area contributed by atoms with Gasteiger partial charge in [0.2, 0.25) is 5.13 Å². The van der Waals surface area contributed by atoms with Gasteiger partial charge in [-0.2, -0.15) is 5.10 Å². The first-order chi connectivity index (χ1) is 13.1. The number of thiazole rings is 1. The number of anilines is 1. The number of aromatic hydroxyl groups is 2. The van der Waals surface area contributed by atoms with Crippen molar-refractivity contribution < 1.29 is 14.6 Å². The molecule has 0 atom stereocenters. The second kappa shape index (κ2) is 6.93. The fourth-order valence-electron chi connectivity index (χ4n) is 2.49. The van der Waals surface area contributed by atoms with Crippen LogP contribution in [0.2, 0.25) is 0 Å². The van der Waals surface area contributed by atoms with Crippen molar-refractivity contribution in [2.24, 2.45) is 5.10 Å². The summed E-state index contributed by atoms with van der Waals surface area (Å²) in [6.45, 7) is 0. The summed E-state index contributed by atoms with van der Waals surface area (Å²) in [4.78, 5) is 16.6. The van der Waals surface area contributed by atoms with Gasteiger partial charge in [-0.1, -0.05) is 18.2 Å². The lowest BCUT2D eigenvalue weighted by Gasteiger charge is -2.00. The molecule has 2 aromatic carbocycles. The van der Waals surface area contributed by atoms with Gasteiger partial charge in [-0.15, -0.1) is 11.3 Å². The maximum atomic E-state index is 12.2. The Morgan fingerprint density at radius 1 is 1.15 bits per heavy atom. The fourth-order valence-corrected chi connectivity index (χ4v) is 3.15. The predicted molar refractivity (Wildman–Crippen MR) is 105 cm³/mol. The standard InChI is InChI=1S/C19H13N3O4S/c23-13-6-5-12(16(24)8-13)9-20-22-19-21-15(10-27-19)14-7-11-3-1-2-4-17(11)26-18(14)25/h1-10,23-24H,(H,21,22)/b20-9+. The molecule has 0 spiro atoms. The van der Waals surface area contributed by atoms with Crippen LogP contribution in [0.1, 0.15) is 5.56 Å².